The molecule has 0 spiro atoms. The summed E-state index contributed by atoms with van der Waals surface area (Å²) in [6.45, 7) is 12.5. The third kappa shape index (κ3) is 9.27. The lowest BCUT2D eigenvalue weighted by Crippen LogP contribution is -2.38. The van der Waals surface area contributed by atoms with Crippen LogP contribution in [0.3, 0.4) is 0 Å². The number of unbranched alkanes of at least 4 members (excludes halogenated alkanes) is 2. The van der Waals surface area contributed by atoms with Gasteiger partial charge in [-0.15, -0.1) is 0 Å². The molecule has 0 aliphatic carbocycles. The average Bonchev–Trinajstić information content (AvgIpc) is 2.61. The number of esters is 2. The van der Waals surface area contributed by atoms with Crippen molar-refractivity contribution in [2.45, 2.75) is 92.9 Å². The Bertz CT molecular complexity index is 342. The summed E-state index contributed by atoms with van der Waals surface area (Å²) in [6, 6.07) is 0. The molecule has 0 radical (unpaired) electrons. The van der Waals surface area contributed by atoms with Crippen molar-refractivity contribution in [3.8, 4) is 0 Å². The summed E-state index contributed by atoms with van der Waals surface area (Å²) in [5, 5.41) is 0. The van der Waals surface area contributed by atoms with Crippen LogP contribution in [0.15, 0.2) is 0 Å². The van der Waals surface area contributed by atoms with Gasteiger partial charge in [0.2, 0.25) is 0 Å². The summed E-state index contributed by atoms with van der Waals surface area (Å²) >= 11 is 0. The van der Waals surface area contributed by atoms with Crippen molar-refractivity contribution in [2.75, 3.05) is 13.2 Å². The minimum absolute atomic E-state index is 0.370. The van der Waals surface area contributed by atoms with E-state index in [0.29, 0.717) is 25.0 Å². The lowest BCUT2D eigenvalue weighted by Gasteiger charge is -2.24. The Morgan fingerprint density at radius 1 is 0.760 bits per heavy atom. The SMILES string of the molecule is CCCCC(CC)COC(=O)C(C)(C)C(=O)OCC(CC)CCCC. The van der Waals surface area contributed by atoms with Crippen molar-refractivity contribution in [1.29, 1.82) is 0 Å². The van der Waals surface area contributed by atoms with Gasteiger partial charge in [-0.3, -0.25) is 9.59 Å². The molecule has 0 heterocycles. The van der Waals surface area contributed by atoms with E-state index in [4.69, 9.17) is 9.47 Å². The zero-order valence-corrected chi connectivity index (χ0v) is 17.4. The molecule has 0 aromatic heterocycles. The van der Waals surface area contributed by atoms with Gasteiger partial charge in [0.25, 0.3) is 0 Å². The minimum Gasteiger partial charge on any atom is -0.465 e. The van der Waals surface area contributed by atoms with Crippen LogP contribution in [-0.2, 0) is 19.1 Å². The maximum absolute atomic E-state index is 12.4. The van der Waals surface area contributed by atoms with Gasteiger partial charge in [-0.2, -0.15) is 0 Å². The number of hydrogen-bond donors (Lipinski definition) is 0. The van der Waals surface area contributed by atoms with Gasteiger partial charge in [-0.1, -0.05) is 66.2 Å². The lowest BCUT2D eigenvalue weighted by atomic mass is 9.93. The van der Waals surface area contributed by atoms with Crippen LogP contribution in [0.4, 0.5) is 0 Å². The normalized spacial score (nSPS) is 14.0. The van der Waals surface area contributed by atoms with Crippen LogP contribution in [-0.4, -0.2) is 25.2 Å². The number of ether oxygens (including phenoxy) is 2. The van der Waals surface area contributed by atoms with Gasteiger partial charge in [0.15, 0.2) is 5.41 Å². The van der Waals surface area contributed by atoms with Gasteiger partial charge in [-0.25, -0.2) is 0 Å². The average molecular weight is 357 g/mol. The highest BCUT2D eigenvalue weighted by Gasteiger charge is 2.40. The molecule has 0 rings (SSSR count). The number of carbonyl (C=O) groups excluding carboxylic acids is 2. The van der Waals surface area contributed by atoms with Crippen molar-refractivity contribution >= 4 is 11.9 Å². The second-order valence-corrected chi connectivity index (χ2v) is 7.65. The molecule has 0 saturated heterocycles. The van der Waals surface area contributed by atoms with Crippen molar-refractivity contribution in [3.05, 3.63) is 0 Å². The Balaban J connectivity index is 4.45. The number of hydrogen-bond acceptors (Lipinski definition) is 4. The predicted octanol–water partition coefficient (Wildman–Crippen LogP) is 5.53. The Labute approximate surface area is 155 Å². The zero-order chi connectivity index (χ0) is 19.3. The van der Waals surface area contributed by atoms with Gasteiger partial charge < -0.3 is 9.47 Å². The Hall–Kier alpha value is -1.06. The highest BCUT2D eigenvalue weighted by molar-refractivity contribution is 5.99. The van der Waals surface area contributed by atoms with E-state index in [1.54, 1.807) is 13.8 Å². The number of rotatable bonds is 14. The largest absolute Gasteiger partial charge is 0.465 e. The third-order valence-electron chi connectivity index (χ3n) is 5.01. The fraction of sp³-hybridized carbons (Fsp3) is 0.905. The molecule has 0 aliphatic rings. The zero-order valence-electron chi connectivity index (χ0n) is 17.4. The lowest BCUT2D eigenvalue weighted by molar-refractivity contribution is -0.171. The highest BCUT2D eigenvalue weighted by Crippen LogP contribution is 2.23. The molecule has 0 bridgehead atoms. The van der Waals surface area contributed by atoms with Crippen LogP contribution in [0, 0.1) is 17.3 Å². The molecule has 0 aliphatic heterocycles. The molecule has 0 amide bonds. The first kappa shape index (κ1) is 23.9. The van der Waals surface area contributed by atoms with Crippen LogP contribution in [0.25, 0.3) is 0 Å². The summed E-state index contributed by atoms with van der Waals surface area (Å²) in [7, 11) is 0. The second kappa shape index (κ2) is 13.2. The number of carbonyl (C=O) groups is 2. The molecule has 0 N–H and O–H groups in total. The van der Waals surface area contributed by atoms with Crippen molar-refractivity contribution in [1.82, 2.24) is 0 Å². The van der Waals surface area contributed by atoms with Crippen LogP contribution in [0.2, 0.25) is 0 Å². The molecule has 0 saturated carbocycles. The molecular weight excluding hydrogens is 316 g/mol. The highest BCUT2D eigenvalue weighted by atomic mass is 16.6. The van der Waals surface area contributed by atoms with Gasteiger partial charge in [0.1, 0.15) is 0 Å². The molecule has 2 unspecified atom stereocenters. The van der Waals surface area contributed by atoms with E-state index in [-0.39, 0.29) is 0 Å². The van der Waals surface area contributed by atoms with Gasteiger partial charge >= 0.3 is 11.9 Å². The minimum atomic E-state index is -1.24. The molecule has 4 nitrogen and oxygen atoms in total. The summed E-state index contributed by atoms with van der Waals surface area (Å²) in [5.41, 5.74) is -1.24. The quantitative estimate of drug-likeness (QED) is 0.303. The molecule has 25 heavy (non-hydrogen) atoms. The maximum atomic E-state index is 12.4. The first-order valence-electron chi connectivity index (χ1n) is 10.2. The maximum Gasteiger partial charge on any atom is 0.322 e. The fourth-order valence-corrected chi connectivity index (χ4v) is 2.63. The van der Waals surface area contributed by atoms with Gasteiger partial charge in [0.05, 0.1) is 13.2 Å². The van der Waals surface area contributed by atoms with E-state index in [2.05, 4.69) is 27.7 Å². The molecule has 0 aromatic carbocycles. The van der Waals surface area contributed by atoms with E-state index in [0.717, 1.165) is 51.4 Å². The van der Waals surface area contributed by atoms with Crippen LogP contribution in [0.5, 0.6) is 0 Å². The fourth-order valence-electron chi connectivity index (χ4n) is 2.63. The molecule has 4 heteroatoms. The monoisotopic (exact) mass is 356 g/mol. The van der Waals surface area contributed by atoms with Crippen molar-refractivity contribution in [3.63, 3.8) is 0 Å². The Morgan fingerprint density at radius 2 is 1.12 bits per heavy atom. The summed E-state index contributed by atoms with van der Waals surface area (Å²) in [4.78, 5) is 24.7. The topological polar surface area (TPSA) is 52.6 Å². The second-order valence-electron chi connectivity index (χ2n) is 7.65. The van der Waals surface area contributed by atoms with Crippen molar-refractivity contribution < 1.29 is 19.1 Å². The molecule has 2 atom stereocenters. The first-order chi connectivity index (χ1) is 11.8. The Kier molecular flexibility index (Phi) is 12.6. The molecule has 0 fully saturated rings. The smallest absolute Gasteiger partial charge is 0.322 e. The van der Waals surface area contributed by atoms with Crippen LogP contribution < -0.4 is 0 Å². The summed E-state index contributed by atoms with van der Waals surface area (Å²) in [6.07, 6.45) is 8.62. The van der Waals surface area contributed by atoms with Gasteiger partial charge in [0, 0.05) is 0 Å². The van der Waals surface area contributed by atoms with Crippen LogP contribution in [0.1, 0.15) is 92.9 Å². The van der Waals surface area contributed by atoms with E-state index < -0.39 is 17.4 Å². The summed E-state index contributed by atoms with van der Waals surface area (Å²) in [5.74, 6) is -0.216. The Morgan fingerprint density at radius 3 is 1.40 bits per heavy atom. The summed E-state index contributed by atoms with van der Waals surface area (Å²) < 4.78 is 10.9. The van der Waals surface area contributed by atoms with E-state index in [1.165, 1.54) is 0 Å². The van der Waals surface area contributed by atoms with Gasteiger partial charge in [-0.05, 0) is 38.5 Å². The standard InChI is InChI=1S/C21H40O4/c1-7-11-13-17(9-3)15-24-19(22)21(5,6)20(23)25-16-18(10-4)14-12-8-2/h17-18H,7-16H2,1-6H3. The van der Waals surface area contributed by atoms with E-state index >= 15 is 0 Å². The third-order valence-corrected chi connectivity index (χ3v) is 5.01. The first-order valence-corrected chi connectivity index (χ1v) is 10.2. The van der Waals surface area contributed by atoms with Crippen LogP contribution >= 0.6 is 0 Å². The predicted molar refractivity (Wildman–Crippen MR) is 102 cm³/mol. The molecule has 0 aromatic rings. The molecular formula is C21H40O4. The van der Waals surface area contributed by atoms with E-state index in [9.17, 15) is 9.59 Å². The van der Waals surface area contributed by atoms with Crippen molar-refractivity contribution in [2.24, 2.45) is 17.3 Å². The molecule has 148 valence electrons. The van der Waals surface area contributed by atoms with E-state index in [1.807, 2.05) is 0 Å².